The number of halogens is 3. The van der Waals surface area contributed by atoms with E-state index in [0.717, 1.165) is 6.92 Å². The first-order valence-corrected chi connectivity index (χ1v) is 6.04. The summed E-state index contributed by atoms with van der Waals surface area (Å²) in [5.41, 5.74) is 0. The maximum absolute atomic E-state index is 9.51. The molecule has 0 saturated heterocycles. The number of aliphatic carboxylic acids is 1. The van der Waals surface area contributed by atoms with Crippen molar-refractivity contribution in [2.45, 2.75) is 6.92 Å². The van der Waals surface area contributed by atoms with Crippen molar-refractivity contribution in [1.29, 1.82) is 0 Å². The highest BCUT2D eigenvalue weighted by molar-refractivity contribution is 8.24. The standard InChI is InChI=1S/C2H4O2.Cl3OP/c1-2(3)4;1-5(2,3)4/h1H3,(H,3,4);. The lowest BCUT2D eigenvalue weighted by Crippen LogP contribution is -1.78. The summed E-state index contributed by atoms with van der Waals surface area (Å²) >= 11 is 13.8. The SMILES string of the molecule is CC(=O)O.O=P(Cl)(Cl)Cl. The van der Waals surface area contributed by atoms with Gasteiger partial charge in [-0.2, -0.15) is 0 Å². The van der Waals surface area contributed by atoms with Gasteiger partial charge in [-0.25, -0.2) is 0 Å². The number of carboxylic acid groups (broad SMARTS) is 1. The minimum absolute atomic E-state index is 0.833. The van der Waals surface area contributed by atoms with Crippen LogP contribution in [0, 0.1) is 0 Å². The second-order valence-electron chi connectivity index (χ2n) is 0.918. The summed E-state index contributed by atoms with van der Waals surface area (Å²) in [4.78, 5) is 9.00. The van der Waals surface area contributed by atoms with Crippen LogP contribution >= 0.6 is 38.9 Å². The van der Waals surface area contributed by atoms with E-state index >= 15 is 0 Å². The molecule has 0 saturated carbocycles. The summed E-state index contributed by atoms with van der Waals surface area (Å²) in [6.07, 6.45) is 0. The van der Waals surface area contributed by atoms with Crippen LogP contribution in [0.5, 0.6) is 0 Å². The van der Waals surface area contributed by atoms with Crippen molar-refractivity contribution in [2.24, 2.45) is 0 Å². The molecule has 1 N–H and O–H groups in total. The summed E-state index contributed by atoms with van der Waals surface area (Å²) in [7, 11) is 0. The molecule has 0 spiro atoms. The molecule has 0 aromatic heterocycles. The first-order valence-electron chi connectivity index (χ1n) is 1.62. The van der Waals surface area contributed by atoms with Crippen molar-refractivity contribution in [3.63, 3.8) is 0 Å². The zero-order valence-corrected chi connectivity index (χ0v) is 7.51. The Balaban J connectivity index is 0. The zero-order chi connectivity index (χ0) is 8.08. The van der Waals surface area contributed by atoms with Crippen LogP contribution in [0.15, 0.2) is 0 Å². The van der Waals surface area contributed by atoms with Gasteiger partial charge in [-0.05, 0) is 33.7 Å². The van der Waals surface area contributed by atoms with Crippen molar-refractivity contribution < 1.29 is 14.5 Å². The van der Waals surface area contributed by atoms with E-state index in [9.17, 15) is 4.57 Å². The number of carboxylic acids is 1. The van der Waals surface area contributed by atoms with Gasteiger partial charge in [0.15, 0.2) is 0 Å². The molecule has 0 atom stereocenters. The number of rotatable bonds is 0. The van der Waals surface area contributed by atoms with Gasteiger partial charge in [0, 0.05) is 6.92 Å². The average Bonchev–Trinajstić information content (AvgIpc) is 1.19. The molecule has 0 rings (SSSR count). The first-order chi connectivity index (χ1) is 3.73. The topological polar surface area (TPSA) is 54.4 Å². The molecule has 0 aliphatic rings. The molecule has 0 heterocycles. The molecule has 7 heteroatoms. The molecule has 0 aromatic carbocycles. The Morgan fingerprint density at radius 3 is 1.44 bits per heavy atom. The molecule has 0 aliphatic carbocycles. The second-order valence-corrected chi connectivity index (χ2v) is 7.56. The minimum atomic E-state index is -3.22. The summed E-state index contributed by atoms with van der Waals surface area (Å²) in [6, 6.07) is 0. The van der Waals surface area contributed by atoms with E-state index in [-0.39, 0.29) is 0 Å². The Labute approximate surface area is 66.6 Å². The van der Waals surface area contributed by atoms with Gasteiger partial charge < -0.3 is 5.11 Å². The van der Waals surface area contributed by atoms with E-state index in [2.05, 4.69) is 33.7 Å². The molecular weight excluding hydrogens is 209 g/mol. The molecule has 0 unspecified atom stereocenters. The molecule has 9 heavy (non-hydrogen) atoms. The number of hydrogen-bond acceptors (Lipinski definition) is 2. The maximum atomic E-state index is 9.51. The Bertz CT molecular complexity index is 117. The van der Waals surface area contributed by atoms with Gasteiger partial charge in [0.05, 0.1) is 0 Å². The summed E-state index contributed by atoms with van der Waals surface area (Å²) in [5.74, 6) is -0.833. The molecular formula is C2H4Cl3O3P. The molecule has 3 nitrogen and oxygen atoms in total. The lowest BCUT2D eigenvalue weighted by molar-refractivity contribution is -0.134. The molecule has 0 aliphatic heterocycles. The van der Waals surface area contributed by atoms with Gasteiger partial charge >= 0.3 is 5.20 Å². The summed E-state index contributed by atoms with van der Waals surface area (Å²) in [5, 5.41) is 4.19. The molecule has 0 bridgehead atoms. The van der Waals surface area contributed by atoms with Crippen LogP contribution < -0.4 is 0 Å². The van der Waals surface area contributed by atoms with Gasteiger partial charge in [-0.3, -0.25) is 9.36 Å². The van der Waals surface area contributed by atoms with Crippen molar-refractivity contribution in [3.8, 4) is 0 Å². The van der Waals surface area contributed by atoms with E-state index in [4.69, 9.17) is 9.90 Å². The molecule has 0 aromatic rings. The highest BCUT2D eigenvalue weighted by Gasteiger charge is 2.02. The lowest BCUT2D eigenvalue weighted by Gasteiger charge is -1.74. The van der Waals surface area contributed by atoms with E-state index in [1.54, 1.807) is 0 Å². The maximum Gasteiger partial charge on any atom is 0.339 e. The van der Waals surface area contributed by atoms with E-state index in [1.165, 1.54) is 0 Å². The smallest absolute Gasteiger partial charge is 0.339 e. The predicted molar refractivity (Wildman–Crippen MR) is 38.5 cm³/mol. The number of hydrogen-bond donors (Lipinski definition) is 1. The normalized spacial score (nSPS) is 9.33. The average molecular weight is 213 g/mol. The van der Waals surface area contributed by atoms with Crippen LogP contribution in [0.4, 0.5) is 0 Å². The Morgan fingerprint density at radius 2 is 1.44 bits per heavy atom. The van der Waals surface area contributed by atoms with Crippen LogP contribution in [0.2, 0.25) is 0 Å². The van der Waals surface area contributed by atoms with Crippen LogP contribution in [0.25, 0.3) is 0 Å². The van der Waals surface area contributed by atoms with E-state index < -0.39 is 11.2 Å². The fourth-order valence-corrected chi connectivity index (χ4v) is 0. The first kappa shape index (κ1) is 12.3. The van der Waals surface area contributed by atoms with Gasteiger partial charge in [0.1, 0.15) is 0 Å². The molecule has 0 radical (unpaired) electrons. The monoisotopic (exact) mass is 212 g/mol. The molecule has 0 fully saturated rings. The van der Waals surface area contributed by atoms with Crippen molar-refractivity contribution in [3.05, 3.63) is 0 Å². The van der Waals surface area contributed by atoms with Crippen molar-refractivity contribution >= 4 is 44.9 Å². The minimum Gasteiger partial charge on any atom is -0.481 e. The van der Waals surface area contributed by atoms with Crippen molar-refractivity contribution in [1.82, 2.24) is 0 Å². The predicted octanol–water partition coefficient (Wildman–Crippen LogP) is 2.90. The largest absolute Gasteiger partial charge is 0.481 e. The Kier molecular flexibility index (Phi) is 7.31. The van der Waals surface area contributed by atoms with E-state index in [1.807, 2.05) is 0 Å². The molecule has 56 valence electrons. The third-order valence-electron chi connectivity index (χ3n) is 0. The summed E-state index contributed by atoms with van der Waals surface area (Å²) < 4.78 is 9.51. The van der Waals surface area contributed by atoms with Crippen molar-refractivity contribution in [2.75, 3.05) is 0 Å². The van der Waals surface area contributed by atoms with Crippen LogP contribution in [0.3, 0.4) is 0 Å². The highest BCUT2D eigenvalue weighted by atomic mass is 36.0. The third-order valence-corrected chi connectivity index (χ3v) is 0. The highest BCUT2D eigenvalue weighted by Crippen LogP contribution is 2.61. The number of carbonyl (C=O) groups is 1. The molecule has 0 amide bonds. The summed E-state index contributed by atoms with van der Waals surface area (Å²) in [6.45, 7) is 1.08. The Morgan fingerprint density at radius 1 is 1.44 bits per heavy atom. The van der Waals surface area contributed by atoms with E-state index in [0.29, 0.717) is 0 Å². The quantitative estimate of drug-likeness (QED) is 0.629. The third kappa shape index (κ3) is 1140. The van der Waals surface area contributed by atoms with Gasteiger partial charge in [0.25, 0.3) is 5.97 Å². The Hall–Kier alpha value is 0.570. The zero-order valence-electron chi connectivity index (χ0n) is 4.34. The van der Waals surface area contributed by atoms with Crippen LogP contribution in [0.1, 0.15) is 6.92 Å². The second kappa shape index (κ2) is 5.36. The fraction of sp³-hybridized carbons (Fsp3) is 0.500. The van der Waals surface area contributed by atoms with Crippen LogP contribution in [-0.2, 0) is 9.36 Å². The van der Waals surface area contributed by atoms with Gasteiger partial charge in [-0.15, -0.1) is 0 Å². The fourth-order valence-electron chi connectivity index (χ4n) is 0. The lowest BCUT2D eigenvalue weighted by atomic mass is 10.9. The van der Waals surface area contributed by atoms with Crippen LogP contribution in [-0.4, -0.2) is 11.1 Å². The van der Waals surface area contributed by atoms with Gasteiger partial charge in [-0.1, -0.05) is 0 Å². The van der Waals surface area contributed by atoms with Gasteiger partial charge in [0.2, 0.25) is 0 Å².